The summed E-state index contributed by atoms with van der Waals surface area (Å²) in [6.07, 6.45) is 1.94. The van der Waals surface area contributed by atoms with Crippen LogP contribution in [0.5, 0.6) is 0 Å². The molecule has 6 heteroatoms. The van der Waals surface area contributed by atoms with Crippen molar-refractivity contribution in [3.05, 3.63) is 0 Å². The molecule has 2 N–H and O–H groups in total. The summed E-state index contributed by atoms with van der Waals surface area (Å²) >= 11 is 0. The van der Waals surface area contributed by atoms with Crippen LogP contribution in [0.25, 0.3) is 0 Å². The number of methoxy groups -OCH3 is 1. The van der Waals surface area contributed by atoms with Crippen LogP contribution < -0.4 is 10.8 Å². The number of amides is 2. The van der Waals surface area contributed by atoms with Crippen molar-refractivity contribution in [1.82, 2.24) is 10.8 Å². The van der Waals surface area contributed by atoms with E-state index in [1.54, 1.807) is 7.05 Å². The zero-order valence-electron chi connectivity index (χ0n) is 9.17. The smallest absolute Gasteiger partial charge is 0.269 e. The van der Waals surface area contributed by atoms with Gasteiger partial charge in [-0.25, -0.2) is 5.48 Å². The number of hydrogen-bond acceptors (Lipinski definition) is 4. The highest BCUT2D eigenvalue weighted by atomic mass is 16.7. The first-order valence-corrected chi connectivity index (χ1v) is 4.81. The summed E-state index contributed by atoms with van der Waals surface area (Å²) in [5.41, 5.74) is 2.22. The number of carbonyl (C=O) groups is 2. The van der Waals surface area contributed by atoms with Crippen molar-refractivity contribution in [2.45, 2.75) is 19.3 Å². The molecular weight excluding hydrogens is 200 g/mol. The van der Waals surface area contributed by atoms with E-state index in [9.17, 15) is 9.59 Å². The average Bonchev–Trinajstić information content (AvgIpc) is 2.23. The molecule has 0 saturated heterocycles. The van der Waals surface area contributed by atoms with Gasteiger partial charge in [-0.1, -0.05) is 0 Å². The van der Waals surface area contributed by atoms with Crippen molar-refractivity contribution in [2.24, 2.45) is 0 Å². The molecule has 0 radical (unpaired) electrons. The van der Waals surface area contributed by atoms with E-state index in [1.165, 1.54) is 7.11 Å². The van der Waals surface area contributed by atoms with Gasteiger partial charge in [0.15, 0.2) is 0 Å². The van der Waals surface area contributed by atoms with E-state index < -0.39 is 0 Å². The fraction of sp³-hybridized carbons (Fsp3) is 0.778. The topological polar surface area (TPSA) is 76.7 Å². The van der Waals surface area contributed by atoms with E-state index >= 15 is 0 Å². The molecule has 0 spiro atoms. The molecule has 2 amide bonds. The van der Waals surface area contributed by atoms with Gasteiger partial charge >= 0.3 is 0 Å². The minimum absolute atomic E-state index is 0.0124. The Bertz CT molecular complexity index is 197. The number of hydrogen-bond donors (Lipinski definition) is 2. The van der Waals surface area contributed by atoms with Crippen LogP contribution in [-0.4, -0.2) is 39.2 Å². The van der Waals surface area contributed by atoms with Gasteiger partial charge in [-0.2, -0.15) is 0 Å². The first-order chi connectivity index (χ1) is 7.20. The third-order valence-corrected chi connectivity index (χ3v) is 1.64. The summed E-state index contributed by atoms with van der Waals surface area (Å²) in [6, 6.07) is 0. The second-order valence-corrected chi connectivity index (χ2v) is 2.94. The molecule has 0 aliphatic heterocycles. The molecule has 0 aliphatic rings. The minimum Gasteiger partial charge on any atom is -0.375 e. The maximum absolute atomic E-state index is 10.8. The van der Waals surface area contributed by atoms with Crippen molar-refractivity contribution < 1.29 is 19.2 Å². The van der Waals surface area contributed by atoms with Crippen molar-refractivity contribution >= 4 is 11.8 Å². The number of carbonyl (C=O) groups excluding carboxylic acids is 2. The third-order valence-electron chi connectivity index (χ3n) is 1.64. The fourth-order valence-electron chi connectivity index (χ4n) is 0.877. The van der Waals surface area contributed by atoms with Crippen LogP contribution in [0.15, 0.2) is 0 Å². The zero-order chi connectivity index (χ0) is 11.5. The predicted octanol–water partition coefficient (Wildman–Crippen LogP) is -0.403. The van der Waals surface area contributed by atoms with Gasteiger partial charge in [0.05, 0.1) is 6.61 Å². The summed E-state index contributed by atoms with van der Waals surface area (Å²) < 4.78 is 4.58. The molecule has 0 heterocycles. The Hall–Kier alpha value is -1.14. The number of unbranched alkanes of at least 4 members (excludes halogenated alkanes) is 1. The summed E-state index contributed by atoms with van der Waals surface area (Å²) in [6.45, 7) is 0.380. The molecule has 6 nitrogen and oxygen atoms in total. The molecule has 0 aromatic rings. The van der Waals surface area contributed by atoms with Gasteiger partial charge < -0.3 is 10.1 Å². The molecule has 0 atom stereocenters. The van der Waals surface area contributed by atoms with E-state index in [-0.39, 0.29) is 18.4 Å². The largest absolute Gasteiger partial charge is 0.375 e. The molecule has 0 aromatic heterocycles. The van der Waals surface area contributed by atoms with E-state index in [4.69, 9.17) is 4.84 Å². The van der Waals surface area contributed by atoms with Crippen molar-refractivity contribution in [3.63, 3.8) is 0 Å². The standard InChI is InChI=1S/C9H18N2O4/c1-10-8(12)5-3-4-6-15-11-9(13)7-14-2/h3-7H2,1-2H3,(H,10,12)(H,11,13). The van der Waals surface area contributed by atoms with Gasteiger partial charge in [0, 0.05) is 20.6 Å². The lowest BCUT2D eigenvalue weighted by atomic mass is 10.2. The fourth-order valence-corrected chi connectivity index (χ4v) is 0.877. The Labute approximate surface area is 89.3 Å². The lowest BCUT2D eigenvalue weighted by Crippen LogP contribution is -2.27. The zero-order valence-corrected chi connectivity index (χ0v) is 9.17. The van der Waals surface area contributed by atoms with Crippen LogP contribution in [0.3, 0.4) is 0 Å². The van der Waals surface area contributed by atoms with Crippen LogP contribution >= 0.6 is 0 Å². The Kier molecular flexibility index (Phi) is 8.70. The molecule has 0 aromatic carbocycles. The SMILES string of the molecule is CNC(=O)CCCCONC(=O)COC. The van der Waals surface area contributed by atoms with Gasteiger partial charge in [-0.3, -0.25) is 14.4 Å². The van der Waals surface area contributed by atoms with Crippen molar-refractivity contribution in [3.8, 4) is 0 Å². The Balaban J connectivity index is 3.18. The molecule has 0 aliphatic carbocycles. The maximum Gasteiger partial charge on any atom is 0.269 e. The lowest BCUT2D eigenvalue weighted by Gasteiger charge is -2.04. The highest BCUT2D eigenvalue weighted by molar-refractivity contribution is 5.76. The molecule has 88 valence electrons. The van der Waals surface area contributed by atoms with E-state index in [0.29, 0.717) is 13.0 Å². The van der Waals surface area contributed by atoms with Gasteiger partial charge in [0.1, 0.15) is 6.61 Å². The molecule has 0 fully saturated rings. The highest BCUT2D eigenvalue weighted by Gasteiger charge is 2.00. The lowest BCUT2D eigenvalue weighted by molar-refractivity contribution is -0.137. The Morgan fingerprint density at radius 3 is 2.53 bits per heavy atom. The summed E-state index contributed by atoms with van der Waals surface area (Å²) in [7, 11) is 3.03. The quantitative estimate of drug-likeness (QED) is 0.429. The summed E-state index contributed by atoms with van der Waals surface area (Å²) in [4.78, 5) is 26.5. The maximum atomic E-state index is 10.8. The van der Waals surface area contributed by atoms with E-state index in [1.807, 2.05) is 0 Å². The van der Waals surface area contributed by atoms with Crippen molar-refractivity contribution in [1.29, 1.82) is 0 Å². The number of hydroxylamine groups is 1. The van der Waals surface area contributed by atoms with Gasteiger partial charge in [0.2, 0.25) is 5.91 Å². The van der Waals surface area contributed by atoms with Crippen molar-refractivity contribution in [2.75, 3.05) is 27.4 Å². The van der Waals surface area contributed by atoms with E-state index in [0.717, 1.165) is 12.8 Å². The molecule has 15 heavy (non-hydrogen) atoms. The summed E-state index contributed by atoms with van der Waals surface area (Å²) in [5.74, 6) is -0.304. The highest BCUT2D eigenvalue weighted by Crippen LogP contribution is 1.94. The number of nitrogens with one attached hydrogen (secondary N) is 2. The monoisotopic (exact) mass is 218 g/mol. The first kappa shape index (κ1) is 13.9. The van der Waals surface area contributed by atoms with Gasteiger partial charge in [-0.05, 0) is 12.8 Å². The minimum atomic E-state index is -0.316. The van der Waals surface area contributed by atoms with E-state index in [2.05, 4.69) is 15.5 Å². The average molecular weight is 218 g/mol. The molecular formula is C9H18N2O4. The van der Waals surface area contributed by atoms with Crippen LogP contribution in [0.2, 0.25) is 0 Å². The number of rotatable bonds is 8. The second kappa shape index (κ2) is 9.42. The Morgan fingerprint density at radius 1 is 1.20 bits per heavy atom. The number of ether oxygens (including phenoxy) is 1. The Morgan fingerprint density at radius 2 is 1.93 bits per heavy atom. The molecule has 0 rings (SSSR count). The summed E-state index contributed by atoms with van der Waals surface area (Å²) in [5, 5.41) is 2.52. The second-order valence-electron chi connectivity index (χ2n) is 2.94. The van der Waals surface area contributed by atoms with Gasteiger partial charge in [0.25, 0.3) is 5.91 Å². The van der Waals surface area contributed by atoms with Crippen LogP contribution in [0, 0.1) is 0 Å². The predicted molar refractivity (Wildman–Crippen MR) is 53.9 cm³/mol. The molecule has 0 saturated carbocycles. The molecule has 0 bridgehead atoms. The van der Waals surface area contributed by atoms with Crippen LogP contribution in [0.4, 0.5) is 0 Å². The van der Waals surface area contributed by atoms with Crippen LogP contribution in [0.1, 0.15) is 19.3 Å². The molecule has 0 unspecified atom stereocenters. The third kappa shape index (κ3) is 9.17. The first-order valence-electron chi connectivity index (χ1n) is 4.81. The van der Waals surface area contributed by atoms with Gasteiger partial charge in [-0.15, -0.1) is 0 Å². The van der Waals surface area contributed by atoms with Crippen LogP contribution in [-0.2, 0) is 19.2 Å². The normalized spacial score (nSPS) is 9.73.